The molecule has 105 heavy (non-hydrogen) atoms. The number of hydrogen-bond donors (Lipinski definition) is 0. The van der Waals surface area contributed by atoms with Gasteiger partial charge in [-0.1, -0.05) is 246 Å². The second-order valence-electron chi connectivity index (χ2n) is 30.9. The number of fused-ring (bicyclic) bond motifs is 15. The second-order valence-corrected chi connectivity index (χ2v) is 30.9. The van der Waals surface area contributed by atoms with Crippen molar-refractivity contribution in [3.05, 3.63) is 152 Å². The molecule has 17 unspecified atom stereocenters. The van der Waals surface area contributed by atoms with E-state index in [1.807, 2.05) is 166 Å². The van der Waals surface area contributed by atoms with Gasteiger partial charge in [0.25, 0.3) is 0 Å². The minimum absolute atomic E-state index is 0.343. The highest BCUT2D eigenvalue weighted by Crippen LogP contribution is 2.60. The smallest absolute Gasteiger partial charge is 0.119 e. The van der Waals surface area contributed by atoms with Crippen LogP contribution in [0.3, 0.4) is 0 Å². The molecular formula is C95H152O10. The Kier molecular flexibility index (Phi) is 48.4. The lowest BCUT2D eigenvalue weighted by atomic mass is 9.82. The lowest BCUT2D eigenvalue weighted by molar-refractivity contribution is 0.259. The zero-order valence-corrected chi connectivity index (χ0v) is 68.9. The molecule has 0 radical (unpaired) electrons. The van der Waals surface area contributed by atoms with Gasteiger partial charge in [-0.05, 0) is 228 Å². The number of hydrogen-bond acceptors (Lipinski definition) is 10. The van der Waals surface area contributed by atoms with Gasteiger partial charge in [0.05, 0.1) is 33.0 Å². The molecule has 0 amide bonds. The zero-order valence-electron chi connectivity index (χ0n) is 68.9. The molecule has 5 aliphatic heterocycles. The van der Waals surface area contributed by atoms with Gasteiger partial charge in [-0.2, -0.15) is 0 Å². The van der Waals surface area contributed by atoms with Crippen LogP contribution in [0.15, 0.2) is 152 Å². The Morgan fingerprint density at radius 1 is 0.229 bits per heavy atom. The van der Waals surface area contributed by atoms with Crippen LogP contribution in [-0.4, -0.2) is 96.6 Å². The SMILES string of the molecule is C1CC2C3CCC(C3)C2C1.C1CC2C3CCC(C3)C2C1.C1CC2C3CCC(C3)C2C1.CC.CCC.CCC.CCC.CCC.CCC.CCC.c1ccc(OCC2CO2)cc1.c1ccc(OCC2CO2)cc1.c1ccc(OCC2CO2)cc1.c1ccc(OCC2CO2)cc1.c1ccc(OCC2CO2)cc1. The average Bonchev–Trinajstić information content (AvgIpc) is 1.64. The van der Waals surface area contributed by atoms with Crippen molar-refractivity contribution < 1.29 is 47.4 Å². The van der Waals surface area contributed by atoms with E-state index in [0.717, 1.165) is 61.8 Å². The third-order valence-corrected chi connectivity index (χ3v) is 21.0. The summed E-state index contributed by atoms with van der Waals surface area (Å²) in [7, 11) is 0. The molecule has 14 fully saturated rings. The summed E-state index contributed by atoms with van der Waals surface area (Å²) in [6.07, 6.45) is 37.8. The van der Waals surface area contributed by atoms with Crippen molar-refractivity contribution in [2.45, 2.75) is 282 Å². The summed E-state index contributed by atoms with van der Waals surface area (Å²) in [5, 5.41) is 0. The molecule has 9 aliphatic carbocycles. The molecular weight excluding hydrogens is 1300 g/mol. The van der Waals surface area contributed by atoms with E-state index in [4.69, 9.17) is 47.4 Å². The monoisotopic (exact) mass is 1450 g/mol. The number of epoxide rings is 5. The highest BCUT2D eigenvalue weighted by atomic mass is 16.6. The van der Waals surface area contributed by atoms with Crippen LogP contribution >= 0.6 is 0 Å². The number of para-hydroxylation sites is 5. The molecule has 5 saturated heterocycles. The predicted octanol–water partition coefficient (Wildman–Crippen LogP) is 25.3. The number of ether oxygens (including phenoxy) is 10. The second kappa shape index (κ2) is 56.2. The maximum Gasteiger partial charge on any atom is 0.119 e. The van der Waals surface area contributed by atoms with E-state index in [2.05, 4.69) is 83.1 Å². The van der Waals surface area contributed by atoms with E-state index < -0.39 is 0 Å². The van der Waals surface area contributed by atoms with Crippen LogP contribution in [0.2, 0.25) is 0 Å². The summed E-state index contributed by atoms with van der Waals surface area (Å²) < 4.78 is 52.1. The number of benzene rings is 5. The molecule has 10 heteroatoms. The van der Waals surface area contributed by atoms with E-state index in [1.54, 1.807) is 116 Å². The third kappa shape index (κ3) is 38.2. The first kappa shape index (κ1) is 90.5. The van der Waals surface area contributed by atoms with Gasteiger partial charge in [-0.25, -0.2) is 0 Å². The molecule has 9 saturated carbocycles. The molecule has 5 heterocycles. The largest absolute Gasteiger partial charge is 0.491 e. The Balaban J connectivity index is 0.000000208. The van der Waals surface area contributed by atoms with Crippen LogP contribution in [0.25, 0.3) is 0 Å². The first-order valence-corrected chi connectivity index (χ1v) is 43.1. The van der Waals surface area contributed by atoms with Gasteiger partial charge in [0.2, 0.25) is 0 Å². The first-order valence-electron chi connectivity index (χ1n) is 43.1. The van der Waals surface area contributed by atoms with Crippen LogP contribution < -0.4 is 23.7 Å². The van der Waals surface area contributed by atoms with Gasteiger partial charge in [-0.3, -0.25) is 0 Å². The van der Waals surface area contributed by atoms with Crippen LogP contribution in [0, 0.1) is 71.0 Å². The highest BCUT2D eigenvalue weighted by Gasteiger charge is 2.51. The quantitative estimate of drug-likeness (QED) is 0.0940. The molecule has 5 aromatic carbocycles. The summed E-state index contributed by atoms with van der Waals surface area (Å²) in [5.41, 5.74) is 0. The molecule has 10 nitrogen and oxygen atoms in total. The van der Waals surface area contributed by atoms with Crippen molar-refractivity contribution in [1.29, 1.82) is 0 Å². The predicted molar refractivity (Wildman–Crippen MR) is 441 cm³/mol. The molecule has 17 atom stereocenters. The van der Waals surface area contributed by atoms with E-state index in [0.29, 0.717) is 63.6 Å². The van der Waals surface area contributed by atoms with Crippen molar-refractivity contribution in [3.8, 4) is 28.7 Å². The Labute approximate surface area is 643 Å². The van der Waals surface area contributed by atoms with Crippen molar-refractivity contribution in [3.63, 3.8) is 0 Å². The van der Waals surface area contributed by atoms with E-state index in [-0.39, 0.29) is 0 Å². The zero-order chi connectivity index (χ0) is 75.5. The lowest BCUT2D eigenvalue weighted by Gasteiger charge is -2.23. The normalized spacial score (nSPS) is 28.7. The fourth-order valence-electron chi connectivity index (χ4n) is 16.4. The minimum Gasteiger partial charge on any atom is -0.491 e. The molecule has 0 spiro atoms. The maximum atomic E-state index is 5.40. The van der Waals surface area contributed by atoms with E-state index >= 15 is 0 Å². The molecule has 0 aromatic heterocycles. The Hall–Kier alpha value is -5.10. The summed E-state index contributed by atoms with van der Waals surface area (Å²) in [5.74, 6) is 19.0. The summed E-state index contributed by atoms with van der Waals surface area (Å²) in [6, 6.07) is 48.9. The molecule has 14 aliphatic rings. The summed E-state index contributed by atoms with van der Waals surface area (Å²) in [4.78, 5) is 0. The van der Waals surface area contributed by atoms with Crippen molar-refractivity contribution >= 4 is 0 Å². The molecule has 19 rings (SSSR count). The Bertz CT molecular complexity index is 2290. The van der Waals surface area contributed by atoms with Crippen LogP contribution in [-0.2, 0) is 23.7 Å². The summed E-state index contributed by atoms with van der Waals surface area (Å²) in [6.45, 7) is 37.2. The number of rotatable bonds is 15. The molecule has 6 bridgehead atoms. The highest BCUT2D eigenvalue weighted by molar-refractivity contribution is 5.24. The molecule has 592 valence electrons. The van der Waals surface area contributed by atoms with Crippen molar-refractivity contribution in [1.82, 2.24) is 0 Å². The van der Waals surface area contributed by atoms with Crippen LogP contribution in [0.4, 0.5) is 0 Å². The van der Waals surface area contributed by atoms with Gasteiger partial charge in [0.1, 0.15) is 92.3 Å². The van der Waals surface area contributed by atoms with Gasteiger partial charge in [-0.15, -0.1) is 0 Å². The average molecular weight is 1450 g/mol. The van der Waals surface area contributed by atoms with Gasteiger partial charge in [0, 0.05) is 0 Å². The van der Waals surface area contributed by atoms with Gasteiger partial charge in [0.15, 0.2) is 0 Å². The lowest BCUT2D eigenvalue weighted by Crippen LogP contribution is -2.15. The Morgan fingerprint density at radius 2 is 0.362 bits per heavy atom. The van der Waals surface area contributed by atoms with E-state index in [1.165, 1.54) is 110 Å². The van der Waals surface area contributed by atoms with E-state index in [9.17, 15) is 0 Å². The topological polar surface area (TPSA) is 109 Å². The maximum absolute atomic E-state index is 5.40. The fraction of sp³-hybridized carbons (Fsp3) is 0.684. The molecule has 0 N–H and O–H groups in total. The molecule has 5 aromatic rings. The van der Waals surface area contributed by atoms with Gasteiger partial charge < -0.3 is 47.4 Å². The van der Waals surface area contributed by atoms with Crippen molar-refractivity contribution in [2.24, 2.45) is 71.0 Å². The summed E-state index contributed by atoms with van der Waals surface area (Å²) >= 11 is 0. The van der Waals surface area contributed by atoms with Crippen LogP contribution in [0.1, 0.15) is 251 Å². The minimum atomic E-state index is 0.343. The van der Waals surface area contributed by atoms with Crippen molar-refractivity contribution in [2.75, 3.05) is 66.1 Å². The first-order chi connectivity index (χ1) is 51.6. The van der Waals surface area contributed by atoms with Gasteiger partial charge >= 0.3 is 0 Å². The third-order valence-electron chi connectivity index (χ3n) is 21.0. The Morgan fingerprint density at radius 3 is 0.486 bits per heavy atom. The fourth-order valence-corrected chi connectivity index (χ4v) is 16.4. The standard InChI is InChI=1S/3C10H16.5C9H10O2.6C3H8.C2H6/c3*1-2-9-7-4-5-8(6-7)10(9)3-1;5*1-2-4-8(5-3-1)10-6-9-7-11-9;6*1-3-2;1-2/h3*7-10H,1-6H2;5*1-5,9H,6-7H2;6*3H2,1-2H3;1-2H3. The van der Waals surface area contributed by atoms with Crippen LogP contribution in [0.5, 0.6) is 28.7 Å².